The van der Waals surface area contributed by atoms with Gasteiger partial charge in [-0.05, 0) is 55.7 Å². The molecule has 27 heavy (non-hydrogen) atoms. The molecular formula is C22H25N3O2. The summed E-state index contributed by atoms with van der Waals surface area (Å²) in [5.41, 5.74) is 2.52. The number of pyridine rings is 1. The fourth-order valence-corrected chi connectivity index (χ4v) is 2.73. The number of carbonyl (C=O) groups is 2. The summed E-state index contributed by atoms with van der Waals surface area (Å²) in [5.74, 6) is -0.0558. The summed E-state index contributed by atoms with van der Waals surface area (Å²) in [6.45, 7) is 3.25. The minimum atomic E-state index is -0.0317. The Labute approximate surface area is 160 Å². The van der Waals surface area contributed by atoms with E-state index in [4.69, 9.17) is 0 Å². The molecule has 1 saturated carbocycles. The van der Waals surface area contributed by atoms with Crippen LogP contribution in [0.25, 0.3) is 6.08 Å². The number of hydrogen-bond donors (Lipinski definition) is 1. The van der Waals surface area contributed by atoms with Crippen molar-refractivity contribution in [3.05, 3.63) is 71.6 Å². The van der Waals surface area contributed by atoms with Crippen molar-refractivity contribution in [2.45, 2.75) is 32.2 Å². The van der Waals surface area contributed by atoms with Crippen LogP contribution in [0.4, 0.5) is 0 Å². The molecule has 2 amide bonds. The maximum Gasteiger partial charge on any atom is 0.251 e. The third-order valence-electron chi connectivity index (χ3n) is 4.56. The molecule has 0 aliphatic heterocycles. The zero-order chi connectivity index (χ0) is 19.1. The third-order valence-corrected chi connectivity index (χ3v) is 4.56. The van der Waals surface area contributed by atoms with Gasteiger partial charge >= 0.3 is 0 Å². The van der Waals surface area contributed by atoms with Gasteiger partial charge in [0.15, 0.2) is 0 Å². The predicted octanol–water partition coefficient (Wildman–Crippen LogP) is 3.08. The first kappa shape index (κ1) is 18.8. The minimum absolute atomic E-state index is 0.0241. The van der Waals surface area contributed by atoms with Crippen LogP contribution in [0.3, 0.4) is 0 Å². The first-order valence-corrected chi connectivity index (χ1v) is 9.43. The lowest BCUT2D eigenvalue weighted by Crippen LogP contribution is -2.31. The maximum atomic E-state index is 12.4. The molecule has 1 aliphatic carbocycles. The Morgan fingerprint density at radius 2 is 1.96 bits per heavy atom. The largest absolute Gasteiger partial charge is 0.349 e. The molecule has 3 rings (SSSR count). The summed E-state index contributed by atoms with van der Waals surface area (Å²) in [6.07, 6.45) is 8.02. The van der Waals surface area contributed by atoms with Crippen LogP contribution in [-0.4, -0.2) is 40.8 Å². The van der Waals surface area contributed by atoms with Gasteiger partial charge in [0, 0.05) is 49.1 Å². The van der Waals surface area contributed by atoms with Gasteiger partial charge in [-0.1, -0.05) is 18.2 Å². The highest BCUT2D eigenvalue weighted by Gasteiger charge is 2.23. The summed E-state index contributed by atoms with van der Waals surface area (Å²) < 4.78 is 0. The Morgan fingerprint density at radius 1 is 1.19 bits per heavy atom. The Morgan fingerprint density at radius 3 is 2.59 bits per heavy atom. The Balaban J connectivity index is 1.53. The van der Waals surface area contributed by atoms with Crippen LogP contribution in [0, 0.1) is 0 Å². The average Bonchev–Trinajstić information content (AvgIpc) is 3.52. The van der Waals surface area contributed by atoms with Crippen molar-refractivity contribution < 1.29 is 9.59 Å². The fraction of sp³-hybridized carbons (Fsp3) is 0.318. The lowest BCUT2D eigenvalue weighted by atomic mass is 10.1. The molecule has 0 bridgehead atoms. The van der Waals surface area contributed by atoms with E-state index >= 15 is 0 Å². The van der Waals surface area contributed by atoms with E-state index < -0.39 is 0 Å². The van der Waals surface area contributed by atoms with E-state index in [2.05, 4.69) is 10.3 Å². The second-order valence-electron chi connectivity index (χ2n) is 6.69. The third kappa shape index (κ3) is 5.78. The number of nitrogens with zero attached hydrogens (tertiary/aromatic N) is 2. The van der Waals surface area contributed by atoms with Crippen molar-refractivity contribution in [2.75, 3.05) is 13.1 Å². The van der Waals surface area contributed by atoms with Crippen LogP contribution in [0.5, 0.6) is 0 Å². The van der Waals surface area contributed by atoms with Crippen LogP contribution in [0.2, 0.25) is 0 Å². The van der Waals surface area contributed by atoms with E-state index in [1.54, 1.807) is 35.4 Å². The molecule has 1 fully saturated rings. The highest BCUT2D eigenvalue weighted by molar-refractivity contribution is 5.95. The number of likely N-dealkylation sites (N-methyl/N-ethyl adjacent to an activating group) is 1. The zero-order valence-corrected chi connectivity index (χ0v) is 15.6. The van der Waals surface area contributed by atoms with E-state index in [1.165, 1.54) is 0 Å². The van der Waals surface area contributed by atoms with Gasteiger partial charge in [-0.25, -0.2) is 0 Å². The number of hydrogen-bond acceptors (Lipinski definition) is 3. The van der Waals surface area contributed by atoms with Crippen molar-refractivity contribution >= 4 is 17.9 Å². The van der Waals surface area contributed by atoms with Gasteiger partial charge in [0.05, 0.1) is 0 Å². The summed E-state index contributed by atoms with van der Waals surface area (Å²) in [6, 6.07) is 13.5. The molecule has 1 aromatic carbocycles. The van der Waals surface area contributed by atoms with E-state index in [0.717, 1.165) is 30.5 Å². The van der Waals surface area contributed by atoms with Crippen molar-refractivity contribution in [1.29, 1.82) is 0 Å². The van der Waals surface area contributed by atoms with E-state index in [9.17, 15) is 9.59 Å². The molecule has 1 aromatic heterocycles. The topological polar surface area (TPSA) is 62.3 Å². The van der Waals surface area contributed by atoms with Gasteiger partial charge in [-0.15, -0.1) is 0 Å². The number of nitrogens with one attached hydrogen (secondary N) is 1. The number of aromatic nitrogens is 1. The maximum absolute atomic E-state index is 12.4. The normalized spacial score (nSPS) is 13.5. The average molecular weight is 363 g/mol. The summed E-state index contributed by atoms with van der Waals surface area (Å²) in [4.78, 5) is 30.5. The smallest absolute Gasteiger partial charge is 0.251 e. The van der Waals surface area contributed by atoms with Gasteiger partial charge in [-0.3, -0.25) is 14.6 Å². The second-order valence-corrected chi connectivity index (χ2v) is 6.69. The molecule has 2 aromatic rings. The lowest BCUT2D eigenvalue weighted by Gasteiger charge is -2.18. The Kier molecular flexibility index (Phi) is 6.36. The summed E-state index contributed by atoms with van der Waals surface area (Å²) >= 11 is 0. The minimum Gasteiger partial charge on any atom is -0.349 e. The second kappa shape index (κ2) is 9.12. The van der Waals surface area contributed by atoms with E-state index in [-0.39, 0.29) is 11.8 Å². The molecule has 0 spiro atoms. The number of benzene rings is 1. The van der Waals surface area contributed by atoms with Gasteiger partial charge in [-0.2, -0.15) is 0 Å². The van der Waals surface area contributed by atoms with E-state index in [1.807, 2.05) is 37.3 Å². The highest BCUT2D eigenvalue weighted by Crippen LogP contribution is 2.19. The van der Waals surface area contributed by atoms with Crippen molar-refractivity contribution in [1.82, 2.24) is 15.2 Å². The van der Waals surface area contributed by atoms with Crippen LogP contribution >= 0.6 is 0 Å². The fourth-order valence-electron chi connectivity index (χ4n) is 2.73. The van der Waals surface area contributed by atoms with Gasteiger partial charge in [0.2, 0.25) is 5.91 Å². The monoisotopic (exact) mass is 363 g/mol. The Bertz CT molecular complexity index is 796. The Hall–Kier alpha value is -2.95. The molecule has 1 heterocycles. The molecule has 140 valence electrons. The first-order valence-electron chi connectivity index (χ1n) is 9.43. The lowest BCUT2D eigenvalue weighted by molar-refractivity contribution is -0.125. The van der Waals surface area contributed by atoms with Crippen LogP contribution in [0.1, 0.15) is 41.4 Å². The van der Waals surface area contributed by atoms with Crippen LogP contribution in [-0.2, 0) is 11.2 Å². The number of rotatable bonds is 8. The molecular weight excluding hydrogens is 338 g/mol. The first-order chi connectivity index (χ1) is 13.2. The van der Waals surface area contributed by atoms with Gasteiger partial charge < -0.3 is 10.2 Å². The number of amides is 2. The standard InChI is InChI=1S/C22H25N3O2/c1-2-25(16-14-19-5-3-4-15-23-19)21(26)13-8-17-6-9-18(10-7-17)22(27)24-20-11-12-20/h3-10,13,15,20H,2,11-12,14,16H2,1H3,(H,24,27)/b13-8-. The van der Waals surface area contributed by atoms with E-state index in [0.29, 0.717) is 24.7 Å². The molecule has 0 atom stereocenters. The highest BCUT2D eigenvalue weighted by atomic mass is 16.2. The molecule has 1 N–H and O–H groups in total. The zero-order valence-electron chi connectivity index (χ0n) is 15.6. The predicted molar refractivity (Wildman–Crippen MR) is 106 cm³/mol. The SMILES string of the molecule is CCN(CCc1ccccn1)C(=O)/C=C\c1ccc(C(=O)NC2CC2)cc1. The summed E-state index contributed by atoms with van der Waals surface area (Å²) in [5, 5.41) is 2.97. The van der Waals surface area contributed by atoms with Crippen LogP contribution in [0.15, 0.2) is 54.7 Å². The number of carbonyl (C=O) groups excluding carboxylic acids is 2. The van der Waals surface area contributed by atoms with Gasteiger partial charge in [0.25, 0.3) is 5.91 Å². The molecule has 0 saturated heterocycles. The molecule has 5 nitrogen and oxygen atoms in total. The van der Waals surface area contributed by atoms with Gasteiger partial charge in [0.1, 0.15) is 0 Å². The van der Waals surface area contributed by atoms with Crippen LogP contribution < -0.4 is 5.32 Å². The van der Waals surface area contributed by atoms with Crippen molar-refractivity contribution in [3.63, 3.8) is 0 Å². The summed E-state index contributed by atoms with van der Waals surface area (Å²) in [7, 11) is 0. The quantitative estimate of drug-likeness (QED) is 0.733. The molecule has 0 radical (unpaired) electrons. The van der Waals surface area contributed by atoms with Crippen molar-refractivity contribution in [2.24, 2.45) is 0 Å². The molecule has 1 aliphatic rings. The molecule has 5 heteroatoms. The van der Waals surface area contributed by atoms with Crippen molar-refractivity contribution in [3.8, 4) is 0 Å². The molecule has 0 unspecified atom stereocenters.